The number of rotatable bonds is 3. The minimum Gasteiger partial charge on any atom is -0.481 e. The molecule has 6 nitrogen and oxygen atoms in total. The van der Waals surface area contributed by atoms with Gasteiger partial charge in [0, 0.05) is 38.1 Å². The van der Waals surface area contributed by atoms with Crippen molar-refractivity contribution >= 4 is 39.5 Å². The molecule has 148 valence electrons. The number of carboxylic acid groups (broad SMARTS) is 1. The highest BCUT2D eigenvalue weighted by Gasteiger charge is 2.33. The van der Waals surface area contributed by atoms with Gasteiger partial charge in [0.15, 0.2) is 0 Å². The molecule has 0 amide bonds. The fourth-order valence-corrected chi connectivity index (χ4v) is 4.39. The first-order valence-electron chi connectivity index (χ1n) is 9.28. The van der Waals surface area contributed by atoms with E-state index in [2.05, 4.69) is 15.1 Å². The lowest BCUT2D eigenvalue weighted by molar-refractivity contribution is -0.148. The number of benzene rings is 1. The molecule has 8 heteroatoms. The van der Waals surface area contributed by atoms with E-state index in [1.165, 1.54) is 16.7 Å². The van der Waals surface area contributed by atoms with Crippen LogP contribution >= 0.6 is 11.3 Å². The Morgan fingerprint density at radius 1 is 1.29 bits per heavy atom. The summed E-state index contributed by atoms with van der Waals surface area (Å²) in [5, 5.41) is 14.9. The molecule has 4 rings (SSSR count). The van der Waals surface area contributed by atoms with Gasteiger partial charge in [0.05, 0.1) is 22.4 Å². The number of nitrogens with one attached hydrogen (secondary N) is 1. The maximum absolute atomic E-state index is 14.6. The number of nitrogens with zero attached hydrogens (tertiary/aromatic N) is 3. The van der Waals surface area contributed by atoms with Gasteiger partial charge in [0.25, 0.3) is 0 Å². The van der Waals surface area contributed by atoms with Crippen molar-refractivity contribution in [3.05, 3.63) is 41.0 Å². The van der Waals surface area contributed by atoms with Crippen molar-refractivity contribution in [1.82, 2.24) is 9.80 Å². The standard InChI is InChI=1S/C20H23FN4O2S/c1-20(2,19(26)27)12-24-7-9-25(10-8-24)17-16-13(21)11-28-18(16)23-15-6-4-3-5-14(15)22-17/h3-6,11,23H,7-10,12H2,1-2H3,(H,26,27). The van der Waals surface area contributed by atoms with Crippen LogP contribution in [0, 0.1) is 11.2 Å². The van der Waals surface area contributed by atoms with Crippen molar-refractivity contribution in [2.75, 3.05) is 38.0 Å². The largest absolute Gasteiger partial charge is 0.481 e. The Morgan fingerprint density at radius 3 is 2.71 bits per heavy atom. The number of hydrogen-bond donors (Lipinski definition) is 2. The molecule has 0 bridgehead atoms. The van der Waals surface area contributed by atoms with E-state index in [4.69, 9.17) is 4.99 Å². The number of carbonyl (C=O) groups is 1. The highest BCUT2D eigenvalue weighted by molar-refractivity contribution is 7.14. The number of carboxylic acids is 1. The van der Waals surface area contributed by atoms with Crippen molar-refractivity contribution < 1.29 is 14.3 Å². The molecule has 1 fully saturated rings. The van der Waals surface area contributed by atoms with Crippen LogP contribution in [0.3, 0.4) is 0 Å². The third-order valence-electron chi connectivity index (χ3n) is 5.22. The molecule has 28 heavy (non-hydrogen) atoms. The number of aliphatic carboxylic acids is 1. The maximum atomic E-state index is 14.6. The lowest BCUT2D eigenvalue weighted by atomic mass is 9.93. The fourth-order valence-electron chi connectivity index (χ4n) is 3.58. The molecule has 3 heterocycles. The minimum atomic E-state index is -0.796. The molecule has 0 saturated carbocycles. The number of fused-ring (bicyclic) bond motifs is 2. The molecule has 1 saturated heterocycles. The summed E-state index contributed by atoms with van der Waals surface area (Å²) in [4.78, 5) is 20.5. The average molecular weight is 402 g/mol. The van der Waals surface area contributed by atoms with E-state index in [1.54, 1.807) is 13.8 Å². The van der Waals surface area contributed by atoms with Gasteiger partial charge in [0.2, 0.25) is 0 Å². The Bertz CT molecular complexity index is 932. The second-order valence-corrected chi connectivity index (χ2v) is 8.70. The van der Waals surface area contributed by atoms with Gasteiger partial charge in [-0.2, -0.15) is 0 Å². The van der Waals surface area contributed by atoms with E-state index in [1.807, 2.05) is 24.3 Å². The Morgan fingerprint density at radius 2 is 2.00 bits per heavy atom. The topological polar surface area (TPSA) is 68.2 Å². The summed E-state index contributed by atoms with van der Waals surface area (Å²) in [7, 11) is 0. The second-order valence-electron chi connectivity index (χ2n) is 7.82. The Kier molecular flexibility index (Phi) is 4.84. The highest BCUT2D eigenvalue weighted by Crippen LogP contribution is 2.39. The van der Waals surface area contributed by atoms with Crippen molar-refractivity contribution in [2.45, 2.75) is 13.8 Å². The summed E-state index contributed by atoms with van der Waals surface area (Å²) in [5.74, 6) is -0.424. The Balaban J connectivity index is 1.58. The molecule has 0 aliphatic carbocycles. The van der Waals surface area contributed by atoms with E-state index in [0.29, 0.717) is 44.1 Å². The smallest absolute Gasteiger partial charge is 0.310 e. The molecular formula is C20H23FN4O2S. The van der Waals surface area contributed by atoms with Gasteiger partial charge in [-0.1, -0.05) is 12.1 Å². The van der Waals surface area contributed by atoms with Crippen LogP contribution in [0.4, 0.5) is 20.8 Å². The molecule has 1 aromatic carbocycles. The minimum absolute atomic E-state index is 0.270. The number of piperazine rings is 1. The maximum Gasteiger partial charge on any atom is 0.310 e. The first-order valence-corrected chi connectivity index (χ1v) is 10.2. The van der Waals surface area contributed by atoms with Crippen LogP contribution in [0.25, 0.3) is 0 Å². The number of anilines is 2. The van der Waals surface area contributed by atoms with Crippen molar-refractivity contribution in [3.8, 4) is 0 Å². The number of para-hydroxylation sites is 2. The lowest BCUT2D eigenvalue weighted by Gasteiger charge is -2.38. The molecule has 0 unspecified atom stereocenters. The summed E-state index contributed by atoms with van der Waals surface area (Å²) in [6.45, 7) is 6.75. The Hall–Kier alpha value is -2.45. The molecule has 1 aromatic heterocycles. The van der Waals surface area contributed by atoms with Crippen LogP contribution in [-0.2, 0) is 4.79 Å². The monoisotopic (exact) mass is 402 g/mol. The quantitative estimate of drug-likeness (QED) is 0.818. The molecule has 2 N–H and O–H groups in total. The van der Waals surface area contributed by atoms with Crippen LogP contribution in [0.2, 0.25) is 0 Å². The summed E-state index contributed by atoms with van der Waals surface area (Å²) in [6.07, 6.45) is 0. The predicted molar refractivity (Wildman–Crippen MR) is 110 cm³/mol. The first kappa shape index (κ1) is 18.9. The zero-order chi connectivity index (χ0) is 19.9. The lowest BCUT2D eigenvalue weighted by Crippen LogP contribution is -2.52. The van der Waals surface area contributed by atoms with Gasteiger partial charge in [-0.3, -0.25) is 9.69 Å². The zero-order valence-electron chi connectivity index (χ0n) is 15.9. The summed E-state index contributed by atoms with van der Waals surface area (Å²) in [5.41, 5.74) is 1.37. The van der Waals surface area contributed by atoms with Crippen LogP contribution in [-0.4, -0.2) is 59.4 Å². The van der Waals surface area contributed by atoms with E-state index in [9.17, 15) is 14.3 Å². The van der Waals surface area contributed by atoms with Crippen molar-refractivity contribution in [2.24, 2.45) is 10.4 Å². The molecule has 2 aromatic rings. The Labute approximate surface area is 167 Å². The van der Waals surface area contributed by atoms with Crippen LogP contribution in [0.5, 0.6) is 0 Å². The summed E-state index contributed by atoms with van der Waals surface area (Å²) in [6, 6.07) is 7.71. The molecule has 0 spiro atoms. The van der Waals surface area contributed by atoms with Crippen molar-refractivity contribution in [3.63, 3.8) is 0 Å². The van der Waals surface area contributed by atoms with Crippen LogP contribution in [0.15, 0.2) is 34.6 Å². The summed E-state index contributed by atoms with van der Waals surface area (Å²) >= 11 is 1.34. The van der Waals surface area contributed by atoms with Gasteiger partial charge in [-0.15, -0.1) is 11.3 Å². The average Bonchev–Trinajstić information content (AvgIpc) is 2.92. The third-order valence-corrected chi connectivity index (χ3v) is 6.08. The molecule has 0 radical (unpaired) electrons. The van der Waals surface area contributed by atoms with E-state index >= 15 is 0 Å². The predicted octanol–water partition coefficient (Wildman–Crippen LogP) is 3.75. The SMILES string of the molecule is CC(C)(CN1CCN(C2=Nc3ccccc3Nc3scc(F)c32)CC1)C(=O)O. The van der Waals surface area contributed by atoms with Gasteiger partial charge in [0.1, 0.15) is 16.7 Å². The van der Waals surface area contributed by atoms with Gasteiger partial charge < -0.3 is 15.3 Å². The molecule has 2 aliphatic heterocycles. The van der Waals surface area contributed by atoms with Crippen molar-refractivity contribution in [1.29, 1.82) is 0 Å². The van der Waals surface area contributed by atoms with Gasteiger partial charge in [-0.25, -0.2) is 9.38 Å². The van der Waals surface area contributed by atoms with Crippen LogP contribution < -0.4 is 5.32 Å². The number of amidine groups is 1. The molecular weight excluding hydrogens is 379 g/mol. The zero-order valence-corrected chi connectivity index (χ0v) is 16.7. The van der Waals surface area contributed by atoms with E-state index in [-0.39, 0.29) is 5.82 Å². The normalized spacial score (nSPS) is 17.2. The number of halogens is 1. The van der Waals surface area contributed by atoms with Gasteiger partial charge >= 0.3 is 5.97 Å². The third kappa shape index (κ3) is 3.49. The van der Waals surface area contributed by atoms with E-state index in [0.717, 1.165) is 16.4 Å². The molecule has 0 atom stereocenters. The van der Waals surface area contributed by atoms with Gasteiger partial charge in [-0.05, 0) is 26.0 Å². The number of aliphatic imine (C=N–C) groups is 1. The fraction of sp³-hybridized carbons (Fsp3) is 0.400. The van der Waals surface area contributed by atoms with E-state index < -0.39 is 11.4 Å². The number of hydrogen-bond acceptors (Lipinski definition) is 6. The van der Waals surface area contributed by atoms with Crippen LogP contribution in [0.1, 0.15) is 19.4 Å². The number of thiophene rings is 1. The molecule has 2 aliphatic rings. The highest BCUT2D eigenvalue weighted by atomic mass is 32.1. The summed E-state index contributed by atoms with van der Waals surface area (Å²) < 4.78 is 14.6. The first-order chi connectivity index (χ1) is 13.3. The second kappa shape index (κ2) is 7.18.